The van der Waals surface area contributed by atoms with Gasteiger partial charge in [-0.25, -0.2) is 14.8 Å². The molecule has 0 radical (unpaired) electrons. The number of aromatic nitrogens is 4. The van der Waals surface area contributed by atoms with Crippen molar-refractivity contribution in [3.8, 4) is 22.6 Å². The first-order chi connectivity index (χ1) is 27.8. The third-order valence-electron chi connectivity index (χ3n) is 11.1. The summed E-state index contributed by atoms with van der Waals surface area (Å²) in [6, 6.07) is 22.6. The second-order valence-corrected chi connectivity index (χ2v) is 15.9. The van der Waals surface area contributed by atoms with E-state index in [-0.39, 0.29) is 17.6 Å². The van der Waals surface area contributed by atoms with Crippen LogP contribution in [0.25, 0.3) is 32.9 Å². The summed E-state index contributed by atoms with van der Waals surface area (Å²) in [4.78, 5) is 38.7. The summed E-state index contributed by atoms with van der Waals surface area (Å²) in [6.45, 7) is 10.9. The SMILES string of the molecule is Cc1cc(OCCCc2c3n(c4c(-c5c(C)ncnc5C)c(Cl)ccc24)[C@H](C)CN(c2cc(OCc4ccccc4)cc4cc(C(=O)O)n(C)c24)C3=O)cc(C)c1Cl. The maximum atomic E-state index is 15.4. The van der Waals surface area contributed by atoms with E-state index >= 15 is 4.79 Å². The van der Waals surface area contributed by atoms with Crippen molar-refractivity contribution >= 4 is 62.6 Å². The number of aromatic carboxylic acids is 1. The first kappa shape index (κ1) is 39.0. The summed E-state index contributed by atoms with van der Waals surface area (Å²) in [5.41, 5.74) is 9.60. The summed E-state index contributed by atoms with van der Waals surface area (Å²) < 4.78 is 16.3. The molecule has 1 amide bonds. The number of ether oxygens (including phenoxy) is 2. The number of carboxylic acids is 1. The van der Waals surface area contributed by atoms with Crippen molar-refractivity contribution in [2.75, 3.05) is 18.1 Å². The van der Waals surface area contributed by atoms with Crippen LogP contribution in [0.2, 0.25) is 10.0 Å². The Hall–Kier alpha value is -5.84. The Balaban J connectivity index is 1.27. The molecular formula is C46H43Cl2N5O5. The molecule has 7 aromatic rings. The number of hydrogen-bond acceptors (Lipinski definition) is 6. The number of carboxylic acid groups (broad SMARTS) is 1. The molecule has 0 saturated carbocycles. The molecule has 0 saturated heterocycles. The van der Waals surface area contributed by atoms with E-state index in [0.29, 0.717) is 65.7 Å². The summed E-state index contributed by atoms with van der Waals surface area (Å²) >= 11 is 13.5. The van der Waals surface area contributed by atoms with Crippen LogP contribution in [-0.2, 0) is 20.1 Å². The van der Waals surface area contributed by atoms with Crippen molar-refractivity contribution in [2.24, 2.45) is 7.05 Å². The molecule has 0 bridgehead atoms. The molecule has 1 aliphatic rings. The van der Waals surface area contributed by atoms with Crippen molar-refractivity contribution in [3.05, 3.63) is 134 Å². The number of nitrogens with zero attached hydrogens (tertiary/aromatic N) is 5. The standard InChI is InChI=1S/C46H43Cl2N5O5/c1-25-17-32(18-26(2)41(25)48)57-16-10-13-34-35-14-15-36(47)40(39-28(4)49-24-50-29(39)5)43(35)53-27(3)22-52(45(54)44(34)53)37-21-33(58-23-30-11-8-7-9-12-30)19-31-20-38(46(55)56)51(6)42(31)37/h7-9,11-12,14-15,17-21,24,27H,10,13,16,22-23H2,1-6H3,(H,55,56)/t27-/m1/s1. The van der Waals surface area contributed by atoms with E-state index in [2.05, 4.69) is 21.5 Å². The number of anilines is 1. The van der Waals surface area contributed by atoms with Crippen LogP contribution in [0.5, 0.6) is 11.5 Å². The highest BCUT2D eigenvalue weighted by Gasteiger charge is 2.38. The molecule has 12 heteroatoms. The molecular weight excluding hydrogens is 773 g/mol. The van der Waals surface area contributed by atoms with Crippen molar-refractivity contribution in [1.29, 1.82) is 0 Å². The maximum absolute atomic E-state index is 15.4. The van der Waals surface area contributed by atoms with Crippen LogP contribution < -0.4 is 14.4 Å². The highest BCUT2D eigenvalue weighted by molar-refractivity contribution is 6.35. The van der Waals surface area contributed by atoms with Crippen molar-refractivity contribution in [1.82, 2.24) is 19.1 Å². The second kappa shape index (κ2) is 15.5. The number of aryl methyl sites for hydroxylation is 6. The third-order valence-corrected chi connectivity index (χ3v) is 12.0. The van der Waals surface area contributed by atoms with Gasteiger partial charge in [0, 0.05) is 64.0 Å². The lowest BCUT2D eigenvalue weighted by Crippen LogP contribution is -2.43. The Morgan fingerprint density at radius 1 is 0.879 bits per heavy atom. The van der Waals surface area contributed by atoms with Crippen LogP contribution in [0.1, 0.15) is 74.0 Å². The van der Waals surface area contributed by atoms with Gasteiger partial charge in [0.25, 0.3) is 5.91 Å². The predicted molar refractivity (Wildman–Crippen MR) is 229 cm³/mol. The zero-order valence-corrected chi connectivity index (χ0v) is 34.7. The number of benzene rings is 4. The van der Waals surface area contributed by atoms with Gasteiger partial charge in [-0.1, -0.05) is 59.6 Å². The molecule has 58 heavy (non-hydrogen) atoms. The number of halogens is 2. The van der Waals surface area contributed by atoms with Gasteiger partial charge in [0.2, 0.25) is 0 Å². The zero-order chi connectivity index (χ0) is 41.0. The molecule has 296 valence electrons. The Kier molecular flexibility index (Phi) is 10.4. The van der Waals surface area contributed by atoms with Gasteiger partial charge in [-0.05, 0) is 100 Å². The number of hydrogen-bond donors (Lipinski definition) is 1. The highest BCUT2D eigenvalue weighted by atomic mass is 35.5. The number of carbonyl (C=O) groups excluding carboxylic acids is 1. The molecule has 1 aliphatic heterocycles. The first-order valence-corrected chi connectivity index (χ1v) is 20.0. The fraction of sp³-hybridized carbons (Fsp3) is 0.261. The first-order valence-electron chi connectivity index (χ1n) is 19.2. The van der Waals surface area contributed by atoms with Gasteiger partial charge in [0.05, 0.1) is 28.4 Å². The van der Waals surface area contributed by atoms with Crippen LogP contribution in [0, 0.1) is 27.7 Å². The van der Waals surface area contributed by atoms with Gasteiger partial charge in [0.1, 0.15) is 35.8 Å². The molecule has 0 spiro atoms. The normalized spacial score (nSPS) is 14.0. The van der Waals surface area contributed by atoms with Crippen molar-refractivity contribution in [2.45, 2.75) is 60.1 Å². The monoisotopic (exact) mass is 815 g/mol. The van der Waals surface area contributed by atoms with E-state index in [9.17, 15) is 9.90 Å². The second-order valence-electron chi connectivity index (χ2n) is 15.1. The minimum Gasteiger partial charge on any atom is -0.494 e. The molecule has 10 nitrogen and oxygen atoms in total. The number of rotatable bonds is 11. The molecule has 1 atom stereocenters. The van der Waals surface area contributed by atoms with Crippen molar-refractivity contribution in [3.63, 3.8) is 0 Å². The summed E-state index contributed by atoms with van der Waals surface area (Å²) in [5, 5.41) is 13.0. The topological polar surface area (TPSA) is 112 Å². The van der Waals surface area contributed by atoms with E-state index in [0.717, 1.165) is 66.4 Å². The minimum absolute atomic E-state index is 0.102. The van der Waals surface area contributed by atoms with Gasteiger partial charge in [-0.3, -0.25) is 4.79 Å². The molecule has 3 aromatic heterocycles. The van der Waals surface area contributed by atoms with Gasteiger partial charge in [-0.2, -0.15) is 0 Å². The summed E-state index contributed by atoms with van der Waals surface area (Å²) in [6.07, 6.45) is 2.70. The largest absolute Gasteiger partial charge is 0.494 e. The van der Waals surface area contributed by atoms with E-state index in [1.165, 1.54) is 0 Å². The highest BCUT2D eigenvalue weighted by Crippen LogP contribution is 2.46. The maximum Gasteiger partial charge on any atom is 0.352 e. The Labute approximate surface area is 346 Å². The molecule has 0 unspecified atom stereocenters. The van der Waals surface area contributed by atoms with Crippen LogP contribution in [0.3, 0.4) is 0 Å². The van der Waals surface area contributed by atoms with Gasteiger partial charge in [-0.15, -0.1) is 0 Å². The third kappa shape index (κ3) is 6.84. The minimum atomic E-state index is -1.07. The summed E-state index contributed by atoms with van der Waals surface area (Å²) in [7, 11) is 1.71. The van der Waals surface area contributed by atoms with Crippen LogP contribution in [-0.4, -0.2) is 49.2 Å². The molecule has 8 rings (SSSR count). The molecule has 4 aromatic carbocycles. The van der Waals surface area contributed by atoms with Crippen LogP contribution >= 0.6 is 23.2 Å². The molecule has 1 N–H and O–H groups in total. The average Bonchev–Trinajstić information content (AvgIpc) is 3.72. The Bertz CT molecular complexity index is 2730. The molecule has 4 heterocycles. The van der Waals surface area contributed by atoms with Gasteiger partial charge < -0.3 is 28.6 Å². The van der Waals surface area contributed by atoms with E-state index < -0.39 is 5.97 Å². The van der Waals surface area contributed by atoms with E-state index in [1.54, 1.807) is 28.9 Å². The lowest BCUT2D eigenvalue weighted by molar-refractivity contribution is 0.0687. The predicted octanol–water partition coefficient (Wildman–Crippen LogP) is 10.6. The lowest BCUT2D eigenvalue weighted by Gasteiger charge is -2.35. The van der Waals surface area contributed by atoms with Crippen LogP contribution in [0.4, 0.5) is 5.69 Å². The smallest absolute Gasteiger partial charge is 0.352 e. The van der Waals surface area contributed by atoms with Crippen molar-refractivity contribution < 1.29 is 24.2 Å². The van der Waals surface area contributed by atoms with Gasteiger partial charge >= 0.3 is 5.97 Å². The Morgan fingerprint density at radius 3 is 2.26 bits per heavy atom. The zero-order valence-electron chi connectivity index (χ0n) is 33.2. The number of amides is 1. The molecule has 0 fully saturated rings. The summed E-state index contributed by atoms with van der Waals surface area (Å²) in [5.74, 6) is -0.0174. The van der Waals surface area contributed by atoms with E-state index in [4.69, 9.17) is 32.7 Å². The Morgan fingerprint density at radius 2 is 1.57 bits per heavy atom. The fourth-order valence-corrected chi connectivity index (χ4v) is 8.80. The van der Waals surface area contributed by atoms with Gasteiger partial charge in [0.15, 0.2) is 0 Å². The lowest BCUT2D eigenvalue weighted by atomic mass is 9.97. The number of fused-ring (bicyclic) bond motifs is 4. The fourth-order valence-electron chi connectivity index (χ4n) is 8.45. The quantitative estimate of drug-likeness (QED) is 0.129. The van der Waals surface area contributed by atoms with E-state index in [1.807, 2.05) is 94.4 Å². The number of carbonyl (C=O) groups is 2. The molecule has 0 aliphatic carbocycles. The average molecular weight is 817 g/mol. The van der Waals surface area contributed by atoms with Crippen LogP contribution in [0.15, 0.2) is 79.1 Å².